The first kappa shape index (κ1) is 36.4. The van der Waals surface area contributed by atoms with Crippen molar-refractivity contribution in [3.8, 4) is 22.4 Å². The molecule has 5 aromatic rings. The molecule has 0 unspecified atom stereocenters. The monoisotopic (exact) mass is 797 g/mol. The average Bonchev–Trinajstić information content (AvgIpc) is 3.46. The number of nitrogens with zero attached hydrogens (tertiary/aromatic N) is 1. The summed E-state index contributed by atoms with van der Waals surface area (Å²) in [6, 6.07) is 27.3. The molecule has 0 aliphatic heterocycles. The fourth-order valence-corrected chi connectivity index (χ4v) is 6.68. The summed E-state index contributed by atoms with van der Waals surface area (Å²) in [5.41, 5.74) is 5.86. The fraction of sp³-hybridized carbons (Fsp3) is 0.350. The molecule has 239 valence electrons. The maximum absolute atomic E-state index is 11.7. The van der Waals surface area contributed by atoms with Gasteiger partial charge in [-0.25, -0.2) is 0 Å². The van der Waals surface area contributed by atoms with Crippen LogP contribution in [-0.2, 0) is 30.3 Å². The molecule has 3 nitrogen and oxygen atoms in total. The third-order valence-electron chi connectivity index (χ3n) is 8.49. The minimum Gasteiger partial charge on any atom is -0.512 e. The number of aliphatic hydroxyl groups is 1. The summed E-state index contributed by atoms with van der Waals surface area (Å²) in [6.45, 7) is 14.9. The summed E-state index contributed by atoms with van der Waals surface area (Å²) in [4.78, 5) is 16.4. The summed E-state index contributed by atoms with van der Waals surface area (Å²) in [6.07, 6.45) is 6.82. The van der Waals surface area contributed by atoms with Gasteiger partial charge in [0.15, 0.2) is 5.78 Å². The van der Waals surface area contributed by atoms with Crippen molar-refractivity contribution in [1.29, 1.82) is 0 Å². The first-order valence-corrected chi connectivity index (χ1v) is 16.8. The van der Waals surface area contributed by atoms with Crippen LogP contribution < -0.4 is 0 Å². The largest absolute Gasteiger partial charge is 0.512 e. The summed E-state index contributed by atoms with van der Waals surface area (Å²) in [5, 5.41) is 15.7. The average molecular weight is 797 g/mol. The molecule has 1 N–H and O–H groups in total. The maximum Gasteiger partial charge on any atom is 0.162 e. The van der Waals surface area contributed by atoms with Gasteiger partial charge in [-0.2, -0.15) is 0 Å². The Morgan fingerprint density at radius 3 is 2.16 bits per heavy atom. The van der Waals surface area contributed by atoms with Gasteiger partial charge in [-0.1, -0.05) is 102 Å². The second-order valence-electron chi connectivity index (χ2n) is 12.5. The van der Waals surface area contributed by atoms with E-state index in [1.807, 2.05) is 33.9 Å². The number of allylic oxidation sites excluding steroid dienone is 2. The van der Waals surface area contributed by atoms with Crippen LogP contribution in [0.4, 0.5) is 0 Å². The molecule has 1 radical (unpaired) electrons. The Kier molecular flexibility index (Phi) is 13.3. The molecule has 5 heteroatoms. The number of ketones is 1. The van der Waals surface area contributed by atoms with Crippen LogP contribution in [0.2, 0.25) is 0 Å². The van der Waals surface area contributed by atoms with Crippen LogP contribution in [-0.4, -0.2) is 15.9 Å². The van der Waals surface area contributed by atoms with E-state index in [1.54, 1.807) is 11.3 Å². The molecule has 0 aliphatic carbocycles. The zero-order valence-corrected chi connectivity index (χ0v) is 30.8. The first-order valence-electron chi connectivity index (χ1n) is 15.9. The van der Waals surface area contributed by atoms with Crippen LogP contribution in [0.15, 0.2) is 90.1 Å². The van der Waals surface area contributed by atoms with Crippen molar-refractivity contribution >= 4 is 38.0 Å². The standard InChI is InChI=1S/C27H22NS.C13H24O2.Ir/c1-27(2,3)24-15-20(14-18-8-4-5-9-21(18)24)25-16-19(12-13-28-25)23-17-29-26-11-7-6-10-22(23)26;1-5-10(6-2)12(14)9-13(15)11(7-3)8-4;/h4-13,15-17H,1-3H3;9-11,14H,5-8H2,1-4H3;/q-1;;/b;12-9-;. The number of fused-ring (bicyclic) bond motifs is 2. The molecule has 0 atom stereocenters. The van der Waals surface area contributed by atoms with Crippen molar-refractivity contribution in [1.82, 2.24) is 4.98 Å². The number of pyridine rings is 1. The third kappa shape index (κ3) is 8.79. The van der Waals surface area contributed by atoms with Crippen molar-refractivity contribution in [3.63, 3.8) is 0 Å². The van der Waals surface area contributed by atoms with E-state index in [2.05, 4.69) is 98.9 Å². The van der Waals surface area contributed by atoms with E-state index in [1.165, 1.54) is 38.2 Å². The van der Waals surface area contributed by atoms with Crippen molar-refractivity contribution < 1.29 is 30.0 Å². The number of carbonyl (C=O) groups excluding carboxylic acids is 1. The molecule has 0 spiro atoms. The van der Waals surface area contributed by atoms with Gasteiger partial charge >= 0.3 is 0 Å². The molecule has 0 aliphatic rings. The van der Waals surface area contributed by atoms with E-state index in [-0.39, 0.29) is 48.9 Å². The predicted octanol–water partition coefficient (Wildman–Crippen LogP) is 11.7. The molecule has 2 heterocycles. The molecule has 0 amide bonds. The summed E-state index contributed by atoms with van der Waals surface area (Å²) >= 11 is 1.79. The zero-order valence-electron chi connectivity index (χ0n) is 27.6. The number of benzene rings is 3. The van der Waals surface area contributed by atoms with E-state index in [0.29, 0.717) is 0 Å². The van der Waals surface area contributed by atoms with Crippen molar-refractivity contribution in [2.75, 3.05) is 0 Å². The molecular formula is C40H46IrNO2S-. The Balaban J connectivity index is 0.000000297. The van der Waals surface area contributed by atoms with Crippen LogP contribution in [0.25, 0.3) is 43.2 Å². The minimum absolute atomic E-state index is 0. The molecule has 0 saturated carbocycles. The van der Waals surface area contributed by atoms with E-state index in [0.717, 1.165) is 42.3 Å². The van der Waals surface area contributed by atoms with Gasteiger partial charge in [0.1, 0.15) is 0 Å². The second kappa shape index (κ2) is 16.5. The molecule has 2 aromatic heterocycles. The Labute approximate surface area is 287 Å². The second-order valence-corrected chi connectivity index (χ2v) is 13.4. The number of carbonyl (C=O) groups is 1. The Morgan fingerprint density at radius 1 is 0.889 bits per heavy atom. The molecule has 3 aromatic carbocycles. The summed E-state index contributed by atoms with van der Waals surface area (Å²) < 4.78 is 1.31. The van der Waals surface area contributed by atoms with Gasteiger partial charge in [-0.15, -0.1) is 40.5 Å². The van der Waals surface area contributed by atoms with Gasteiger partial charge in [0.25, 0.3) is 0 Å². The van der Waals surface area contributed by atoms with Crippen LogP contribution in [0.1, 0.15) is 79.7 Å². The number of aliphatic hydroxyl groups excluding tert-OH is 1. The zero-order chi connectivity index (χ0) is 31.9. The Hall–Kier alpha value is -3.11. The van der Waals surface area contributed by atoms with Crippen molar-refractivity contribution in [3.05, 3.63) is 102 Å². The number of hydrogen-bond acceptors (Lipinski definition) is 4. The molecule has 0 saturated heterocycles. The third-order valence-corrected chi connectivity index (χ3v) is 9.46. The Bertz CT molecular complexity index is 1740. The van der Waals surface area contributed by atoms with Crippen molar-refractivity contribution in [2.24, 2.45) is 11.8 Å². The van der Waals surface area contributed by atoms with Gasteiger partial charge in [0, 0.05) is 60.0 Å². The maximum atomic E-state index is 11.7. The number of aromatic nitrogens is 1. The van der Waals surface area contributed by atoms with E-state index in [9.17, 15) is 9.90 Å². The smallest absolute Gasteiger partial charge is 0.162 e. The van der Waals surface area contributed by atoms with Gasteiger partial charge in [0.2, 0.25) is 0 Å². The number of rotatable bonds is 9. The SMILES string of the molecule is CC(C)(C)c1cc(-c2cc(-c3csc4ccccc34)ccn2)[c-]c2ccccc12.CCC(CC)C(=O)/C=C(\O)C(CC)CC.[Ir]. The van der Waals surface area contributed by atoms with E-state index < -0.39 is 0 Å². The van der Waals surface area contributed by atoms with Gasteiger partial charge in [-0.3, -0.25) is 9.78 Å². The molecule has 0 fully saturated rings. The molecule has 0 bridgehead atoms. The number of thiophene rings is 1. The van der Waals surface area contributed by atoms with Crippen LogP contribution >= 0.6 is 11.3 Å². The summed E-state index contributed by atoms with van der Waals surface area (Å²) in [5.74, 6) is 0.547. The Morgan fingerprint density at radius 2 is 1.51 bits per heavy atom. The van der Waals surface area contributed by atoms with Crippen LogP contribution in [0, 0.1) is 17.9 Å². The minimum atomic E-state index is 0. The molecular weight excluding hydrogens is 751 g/mol. The predicted molar refractivity (Wildman–Crippen MR) is 189 cm³/mol. The van der Waals surface area contributed by atoms with Gasteiger partial charge < -0.3 is 5.11 Å². The van der Waals surface area contributed by atoms with Crippen LogP contribution in [0.5, 0.6) is 0 Å². The van der Waals surface area contributed by atoms with Crippen molar-refractivity contribution in [2.45, 2.75) is 79.6 Å². The quantitative estimate of drug-likeness (QED) is 0.0918. The van der Waals surface area contributed by atoms with Gasteiger partial charge in [-0.05, 0) is 59.7 Å². The topological polar surface area (TPSA) is 50.2 Å². The van der Waals surface area contributed by atoms with E-state index in [4.69, 9.17) is 4.98 Å². The van der Waals surface area contributed by atoms with Gasteiger partial charge in [0.05, 0.1) is 5.76 Å². The van der Waals surface area contributed by atoms with E-state index >= 15 is 0 Å². The molecule has 5 rings (SSSR count). The molecule has 45 heavy (non-hydrogen) atoms. The normalized spacial score (nSPS) is 11.9. The number of hydrogen-bond donors (Lipinski definition) is 1. The van der Waals surface area contributed by atoms with Crippen LogP contribution in [0.3, 0.4) is 0 Å². The fourth-order valence-electron chi connectivity index (χ4n) is 5.71. The summed E-state index contributed by atoms with van der Waals surface area (Å²) in [7, 11) is 0. The first-order chi connectivity index (χ1) is 21.1.